The summed E-state index contributed by atoms with van der Waals surface area (Å²) in [6.07, 6.45) is 3.01. The standard InChI is InChI=1S/C24H30N4O3/c1-27(2)24(30)26-19-9-10-22(28-12-11-17-6-3-4-7-18(17)16-28)21(14-19)23(29)25-15-20-8-5-13-31-20/h3-4,6-7,9-10,14,20H,5,8,11-13,15-16H2,1-2H3,(H,25,29)(H,26,30)/t20-/m1/s1. The highest BCUT2D eigenvalue weighted by molar-refractivity contribution is 6.02. The Morgan fingerprint density at radius 2 is 1.97 bits per heavy atom. The van der Waals surface area contributed by atoms with E-state index in [1.165, 1.54) is 16.0 Å². The summed E-state index contributed by atoms with van der Waals surface area (Å²) in [7, 11) is 3.37. The van der Waals surface area contributed by atoms with Crippen LogP contribution in [0, 0.1) is 0 Å². The van der Waals surface area contributed by atoms with Gasteiger partial charge in [-0.05, 0) is 48.6 Å². The van der Waals surface area contributed by atoms with E-state index in [-0.39, 0.29) is 18.0 Å². The van der Waals surface area contributed by atoms with Gasteiger partial charge in [0.25, 0.3) is 5.91 Å². The Kier molecular flexibility index (Phi) is 6.42. The van der Waals surface area contributed by atoms with Gasteiger partial charge in [-0.2, -0.15) is 0 Å². The molecule has 1 fully saturated rings. The van der Waals surface area contributed by atoms with E-state index in [9.17, 15) is 9.59 Å². The molecule has 4 rings (SSSR count). The minimum Gasteiger partial charge on any atom is -0.376 e. The monoisotopic (exact) mass is 422 g/mol. The van der Waals surface area contributed by atoms with Crippen LogP contribution >= 0.6 is 0 Å². The summed E-state index contributed by atoms with van der Waals surface area (Å²) >= 11 is 0. The second-order valence-electron chi connectivity index (χ2n) is 8.34. The Hall–Kier alpha value is -3.06. The van der Waals surface area contributed by atoms with Gasteiger partial charge in [-0.25, -0.2) is 4.79 Å². The third-order valence-electron chi connectivity index (χ3n) is 5.88. The van der Waals surface area contributed by atoms with Crippen LogP contribution in [0.1, 0.15) is 34.3 Å². The van der Waals surface area contributed by atoms with Crippen molar-refractivity contribution < 1.29 is 14.3 Å². The molecule has 164 valence electrons. The molecule has 2 aliphatic rings. The predicted octanol–water partition coefficient (Wildman–Crippen LogP) is 3.25. The number of amides is 3. The van der Waals surface area contributed by atoms with Gasteiger partial charge in [0, 0.05) is 51.7 Å². The minimum absolute atomic E-state index is 0.0749. The molecule has 0 unspecified atom stereocenters. The van der Waals surface area contributed by atoms with Crippen LogP contribution in [0.15, 0.2) is 42.5 Å². The summed E-state index contributed by atoms with van der Waals surface area (Å²) in [5.41, 5.74) is 4.68. The van der Waals surface area contributed by atoms with Crippen LogP contribution in [0.5, 0.6) is 0 Å². The van der Waals surface area contributed by atoms with Gasteiger partial charge < -0.3 is 25.2 Å². The molecular weight excluding hydrogens is 392 g/mol. The van der Waals surface area contributed by atoms with Crippen LogP contribution in [0.3, 0.4) is 0 Å². The fourth-order valence-corrected chi connectivity index (χ4v) is 4.12. The third-order valence-corrected chi connectivity index (χ3v) is 5.88. The average molecular weight is 423 g/mol. The summed E-state index contributed by atoms with van der Waals surface area (Å²) in [5, 5.41) is 5.87. The number of nitrogens with zero attached hydrogens (tertiary/aromatic N) is 2. The Morgan fingerprint density at radius 1 is 1.16 bits per heavy atom. The molecule has 0 aliphatic carbocycles. The summed E-state index contributed by atoms with van der Waals surface area (Å²) in [6.45, 7) is 2.85. The van der Waals surface area contributed by atoms with Crippen molar-refractivity contribution in [1.82, 2.24) is 10.2 Å². The summed E-state index contributed by atoms with van der Waals surface area (Å²) < 4.78 is 5.64. The normalized spacial score (nSPS) is 17.7. The molecule has 1 atom stereocenters. The van der Waals surface area contributed by atoms with Crippen LogP contribution in [-0.2, 0) is 17.7 Å². The fourth-order valence-electron chi connectivity index (χ4n) is 4.12. The Morgan fingerprint density at radius 3 is 2.71 bits per heavy atom. The SMILES string of the molecule is CN(C)C(=O)Nc1ccc(N2CCc3ccccc3C2)c(C(=O)NC[C@H]2CCCO2)c1. The molecule has 0 saturated carbocycles. The second kappa shape index (κ2) is 9.39. The first-order chi connectivity index (χ1) is 15.0. The van der Waals surface area contributed by atoms with E-state index in [2.05, 4.69) is 39.8 Å². The third kappa shape index (κ3) is 4.99. The van der Waals surface area contributed by atoms with Crippen LogP contribution < -0.4 is 15.5 Å². The number of anilines is 2. The lowest BCUT2D eigenvalue weighted by molar-refractivity contribution is 0.0858. The smallest absolute Gasteiger partial charge is 0.321 e. The molecular formula is C24H30N4O3. The Labute approximate surface area is 183 Å². The van der Waals surface area contributed by atoms with E-state index in [1.54, 1.807) is 20.2 Å². The zero-order valence-corrected chi connectivity index (χ0v) is 18.2. The van der Waals surface area contributed by atoms with Crippen molar-refractivity contribution in [3.8, 4) is 0 Å². The number of rotatable bonds is 5. The predicted molar refractivity (Wildman–Crippen MR) is 122 cm³/mol. The molecule has 2 aromatic rings. The molecule has 7 nitrogen and oxygen atoms in total. The lowest BCUT2D eigenvalue weighted by Gasteiger charge is -2.32. The lowest BCUT2D eigenvalue weighted by Crippen LogP contribution is -2.35. The number of urea groups is 1. The molecule has 2 aromatic carbocycles. The highest BCUT2D eigenvalue weighted by Crippen LogP contribution is 2.29. The van der Waals surface area contributed by atoms with Crippen LogP contribution in [-0.4, -0.2) is 56.7 Å². The molecule has 7 heteroatoms. The molecule has 0 bridgehead atoms. The molecule has 2 N–H and O–H groups in total. The van der Waals surface area contributed by atoms with Crippen molar-refractivity contribution in [2.45, 2.75) is 31.9 Å². The molecule has 0 spiro atoms. The van der Waals surface area contributed by atoms with Crippen LogP contribution in [0.25, 0.3) is 0 Å². The van der Waals surface area contributed by atoms with Crippen molar-refractivity contribution in [1.29, 1.82) is 0 Å². The van der Waals surface area contributed by atoms with Crippen LogP contribution in [0.4, 0.5) is 16.2 Å². The number of carbonyl (C=O) groups excluding carboxylic acids is 2. The first-order valence-corrected chi connectivity index (χ1v) is 10.8. The summed E-state index contributed by atoms with van der Waals surface area (Å²) in [6, 6.07) is 13.8. The topological polar surface area (TPSA) is 73.9 Å². The molecule has 2 heterocycles. The highest BCUT2D eigenvalue weighted by atomic mass is 16.5. The molecule has 1 saturated heterocycles. The number of nitrogens with one attached hydrogen (secondary N) is 2. The molecule has 0 radical (unpaired) electrons. The van der Waals surface area contributed by atoms with Gasteiger partial charge in [0.2, 0.25) is 0 Å². The van der Waals surface area contributed by atoms with Gasteiger partial charge in [0.1, 0.15) is 0 Å². The molecule has 0 aromatic heterocycles. The number of fused-ring (bicyclic) bond motifs is 1. The van der Waals surface area contributed by atoms with Crippen molar-refractivity contribution in [2.75, 3.05) is 44.0 Å². The number of benzene rings is 2. The second-order valence-corrected chi connectivity index (χ2v) is 8.34. The maximum absolute atomic E-state index is 13.2. The first kappa shape index (κ1) is 21.2. The van der Waals surface area contributed by atoms with E-state index < -0.39 is 0 Å². The number of ether oxygens (including phenoxy) is 1. The van der Waals surface area contributed by atoms with Gasteiger partial charge in [0.15, 0.2) is 0 Å². The maximum Gasteiger partial charge on any atom is 0.321 e. The van der Waals surface area contributed by atoms with Gasteiger partial charge in [-0.1, -0.05) is 24.3 Å². The summed E-state index contributed by atoms with van der Waals surface area (Å²) in [5.74, 6) is -0.148. The van der Waals surface area contributed by atoms with Crippen LogP contribution in [0.2, 0.25) is 0 Å². The van der Waals surface area contributed by atoms with Gasteiger partial charge in [-0.3, -0.25) is 4.79 Å². The zero-order chi connectivity index (χ0) is 21.8. The fraction of sp³-hybridized carbons (Fsp3) is 0.417. The highest BCUT2D eigenvalue weighted by Gasteiger charge is 2.23. The maximum atomic E-state index is 13.2. The lowest BCUT2D eigenvalue weighted by atomic mass is 9.98. The zero-order valence-electron chi connectivity index (χ0n) is 18.2. The number of hydrogen-bond donors (Lipinski definition) is 2. The summed E-state index contributed by atoms with van der Waals surface area (Å²) in [4.78, 5) is 29.0. The van der Waals surface area contributed by atoms with E-state index >= 15 is 0 Å². The molecule has 31 heavy (non-hydrogen) atoms. The van der Waals surface area contributed by atoms with Crippen molar-refractivity contribution in [3.63, 3.8) is 0 Å². The Bertz CT molecular complexity index is 954. The van der Waals surface area contributed by atoms with E-state index in [4.69, 9.17) is 4.74 Å². The molecule has 2 aliphatic heterocycles. The van der Waals surface area contributed by atoms with Crippen molar-refractivity contribution >= 4 is 23.3 Å². The minimum atomic E-state index is -0.231. The number of hydrogen-bond acceptors (Lipinski definition) is 4. The van der Waals surface area contributed by atoms with Gasteiger partial charge in [0.05, 0.1) is 11.7 Å². The van der Waals surface area contributed by atoms with Gasteiger partial charge in [-0.15, -0.1) is 0 Å². The Balaban J connectivity index is 1.58. The molecule has 3 amide bonds. The van der Waals surface area contributed by atoms with E-state index in [1.807, 2.05) is 12.1 Å². The quantitative estimate of drug-likeness (QED) is 0.776. The first-order valence-electron chi connectivity index (χ1n) is 10.8. The van der Waals surface area contributed by atoms with Crippen molar-refractivity contribution in [3.05, 3.63) is 59.2 Å². The largest absolute Gasteiger partial charge is 0.376 e. The van der Waals surface area contributed by atoms with Crippen molar-refractivity contribution in [2.24, 2.45) is 0 Å². The van der Waals surface area contributed by atoms with Gasteiger partial charge >= 0.3 is 6.03 Å². The average Bonchev–Trinajstić information content (AvgIpc) is 3.30. The number of carbonyl (C=O) groups is 2. The van der Waals surface area contributed by atoms with E-state index in [0.29, 0.717) is 17.8 Å². The van der Waals surface area contributed by atoms with E-state index in [0.717, 1.165) is 44.6 Å².